The van der Waals surface area contributed by atoms with Crippen molar-refractivity contribution in [3.8, 4) is 0 Å². The smallest absolute Gasteiger partial charge is 0.230 e. The first kappa shape index (κ1) is 24.9. The zero-order chi connectivity index (χ0) is 24.4. The van der Waals surface area contributed by atoms with Crippen molar-refractivity contribution in [2.24, 2.45) is 23.7 Å². The summed E-state index contributed by atoms with van der Waals surface area (Å²) in [5.41, 5.74) is 2.04. The predicted molar refractivity (Wildman–Crippen MR) is 135 cm³/mol. The molecule has 3 N–H and O–H groups in total. The highest BCUT2D eigenvalue weighted by atomic mass is 16.3. The number of rotatable bonds is 5. The molecule has 2 heterocycles. The molecule has 4 aliphatic rings. The van der Waals surface area contributed by atoms with Gasteiger partial charge in [0, 0.05) is 23.8 Å². The second-order valence-electron chi connectivity index (χ2n) is 10.3. The molecule has 9 atom stereocenters. The first-order valence-corrected chi connectivity index (χ1v) is 12.7. The molecule has 2 aliphatic carbocycles. The van der Waals surface area contributed by atoms with E-state index in [1.807, 2.05) is 49.1 Å². The molecule has 184 valence electrons. The number of carbonyl (C=O) groups is 1. The third-order valence-electron chi connectivity index (χ3n) is 8.01. The number of carbonyl (C=O) groups excluding carboxylic acids is 1. The van der Waals surface area contributed by atoms with E-state index in [4.69, 9.17) is 0 Å². The molecule has 2 fully saturated rings. The van der Waals surface area contributed by atoms with Gasteiger partial charge in [0.15, 0.2) is 0 Å². The van der Waals surface area contributed by atoms with Gasteiger partial charge in [-0.15, -0.1) is 0 Å². The predicted octanol–water partition coefficient (Wildman–Crippen LogP) is 3.85. The summed E-state index contributed by atoms with van der Waals surface area (Å²) < 4.78 is 0. The molecule has 5 nitrogen and oxygen atoms in total. The third-order valence-corrected chi connectivity index (χ3v) is 8.01. The van der Waals surface area contributed by atoms with Crippen molar-refractivity contribution < 1.29 is 20.1 Å². The third kappa shape index (κ3) is 4.66. The molecule has 34 heavy (non-hydrogen) atoms. The molecule has 0 aromatic rings. The number of nitrogens with zero attached hydrogens (tertiary/aromatic N) is 1. The number of fused-ring (bicyclic) bond motifs is 4. The fourth-order valence-corrected chi connectivity index (χ4v) is 6.36. The number of allylic oxidation sites excluding steroid dienone is 7. The molecule has 0 spiro atoms. The second kappa shape index (κ2) is 10.6. The number of aliphatic hydroxyl groups excluding tert-OH is 3. The van der Waals surface area contributed by atoms with Crippen LogP contribution < -0.4 is 0 Å². The summed E-state index contributed by atoms with van der Waals surface area (Å²) in [5, 5.41) is 32.0. The Morgan fingerprint density at radius 3 is 2.56 bits per heavy atom. The Morgan fingerprint density at radius 2 is 1.79 bits per heavy atom. The van der Waals surface area contributed by atoms with Gasteiger partial charge in [0.2, 0.25) is 5.91 Å². The van der Waals surface area contributed by atoms with Gasteiger partial charge in [0.25, 0.3) is 0 Å². The quantitative estimate of drug-likeness (QED) is 0.426. The Hall–Kier alpha value is -2.21. The van der Waals surface area contributed by atoms with Crippen molar-refractivity contribution in [1.82, 2.24) is 4.90 Å². The van der Waals surface area contributed by atoms with Gasteiger partial charge in [-0.2, -0.15) is 0 Å². The summed E-state index contributed by atoms with van der Waals surface area (Å²) in [6.45, 7) is 6.16. The van der Waals surface area contributed by atoms with E-state index in [1.165, 1.54) is 0 Å². The zero-order valence-electron chi connectivity index (χ0n) is 20.5. The lowest BCUT2D eigenvalue weighted by molar-refractivity contribution is -0.132. The van der Waals surface area contributed by atoms with Gasteiger partial charge in [-0.1, -0.05) is 85.3 Å². The van der Waals surface area contributed by atoms with Crippen LogP contribution in [-0.2, 0) is 4.79 Å². The number of hydrogen-bond donors (Lipinski definition) is 3. The maximum atomic E-state index is 13.6. The summed E-state index contributed by atoms with van der Waals surface area (Å²) in [7, 11) is 0. The highest BCUT2D eigenvalue weighted by molar-refractivity contribution is 5.85. The lowest BCUT2D eigenvalue weighted by Crippen LogP contribution is -2.40. The Kier molecular flexibility index (Phi) is 7.76. The van der Waals surface area contributed by atoms with Crippen LogP contribution in [0.3, 0.4) is 0 Å². The van der Waals surface area contributed by atoms with Gasteiger partial charge >= 0.3 is 0 Å². The van der Waals surface area contributed by atoms with Crippen LogP contribution in [0.5, 0.6) is 0 Å². The van der Waals surface area contributed by atoms with Crippen molar-refractivity contribution in [1.29, 1.82) is 0 Å². The van der Waals surface area contributed by atoms with Crippen molar-refractivity contribution >= 4 is 5.91 Å². The molecule has 2 saturated heterocycles. The maximum Gasteiger partial charge on any atom is 0.230 e. The Balaban J connectivity index is 1.63. The van der Waals surface area contributed by atoms with Crippen LogP contribution in [0.4, 0.5) is 0 Å². The summed E-state index contributed by atoms with van der Waals surface area (Å²) in [4.78, 5) is 15.6. The average Bonchev–Trinajstić information content (AvgIpc) is 3.28. The second-order valence-corrected chi connectivity index (χ2v) is 10.3. The van der Waals surface area contributed by atoms with E-state index in [9.17, 15) is 20.1 Å². The Morgan fingerprint density at radius 1 is 1.03 bits per heavy atom. The van der Waals surface area contributed by atoms with Crippen LogP contribution in [0.25, 0.3) is 0 Å². The van der Waals surface area contributed by atoms with E-state index in [0.717, 1.165) is 30.4 Å². The SMILES string of the molecule is CCC/C=C/C=C/C[C@@H]1C[C@H](O)[C@H]2[C@@H]3C(C)=C[C@H]4C=C[C@@H](O)[C@@H](O)[C@@H]4C(C)=CC=C[C@@H]3C(=O)N12. The first-order chi connectivity index (χ1) is 16.3. The molecule has 0 aromatic carbocycles. The minimum absolute atomic E-state index is 0.00118. The lowest BCUT2D eigenvalue weighted by atomic mass is 9.73. The van der Waals surface area contributed by atoms with Crippen LogP contribution in [0, 0.1) is 23.7 Å². The molecule has 1 amide bonds. The topological polar surface area (TPSA) is 81.0 Å². The van der Waals surface area contributed by atoms with Crippen molar-refractivity contribution in [2.75, 3.05) is 0 Å². The summed E-state index contributed by atoms with van der Waals surface area (Å²) >= 11 is 0. The molecule has 0 unspecified atom stereocenters. The summed E-state index contributed by atoms with van der Waals surface area (Å²) in [6.07, 6.45) is 21.1. The number of hydrogen-bond acceptors (Lipinski definition) is 4. The number of amides is 1. The van der Waals surface area contributed by atoms with Gasteiger partial charge in [0.05, 0.1) is 30.3 Å². The molecular weight excluding hydrogens is 426 g/mol. The molecular formula is C29H39NO4. The van der Waals surface area contributed by atoms with Crippen LogP contribution in [-0.4, -0.2) is 56.5 Å². The highest BCUT2D eigenvalue weighted by Gasteiger charge is 2.56. The van der Waals surface area contributed by atoms with E-state index in [2.05, 4.69) is 31.2 Å². The van der Waals surface area contributed by atoms with Crippen LogP contribution >= 0.6 is 0 Å². The first-order valence-electron chi connectivity index (χ1n) is 12.7. The van der Waals surface area contributed by atoms with Gasteiger partial charge in [-0.25, -0.2) is 0 Å². The van der Waals surface area contributed by atoms with Crippen molar-refractivity contribution in [2.45, 2.75) is 76.9 Å². The molecule has 2 aliphatic heterocycles. The largest absolute Gasteiger partial charge is 0.391 e. The van der Waals surface area contributed by atoms with Crippen LogP contribution in [0.1, 0.15) is 46.5 Å². The number of unbranched alkanes of at least 4 members (excludes halogenated alkanes) is 1. The lowest BCUT2D eigenvalue weighted by Gasteiger charge is -2.35. The zero-order valence-corrected chi connectivity index (χ0v) is 20.5. The molecule has 0 saturated carbocycles. The average molecular weight is 466 g/mol. The monoisotopic (exact) mass is 465 g/mol. The minimum atomic E-state index is -0.885. The maximum absolute atomic E-state index is 13.6. The summed E-state index contributed by atoms with van der Waals surface area (Å²) in [6, 6.07) is -0.239. The van der Waals surface area contributed by atoms with Crippen molar-refractivity contribution in [3.05, 3.63) is 71.9 Å². The van der Waals surface area contributed by atoms with Crippen LogP contribution in [0.2, 0.25) is 0 Å². The van der Waals surface area contributed by atoms with Gasteiger partial charge in [-0.3, -0.25) is 4.79 Å². The molecule has 0 radical (unpaired) electrons. The normalized spacial score (nSPS) is 39.9. The fourth-order valence-electron chi connectivity index (χ4n) is 6.36. The molecule has 0 bridgehead atoms. The van der Waals surface area contributed by atoms with E-state index in [-0.39, 0.29) is 41.7 Å². The van der Waals surface area contributed by atoms with E-state index in [1.54, 1.807) is 6.08 Å². The van der Waals surface area contributed by atoms with Gasteiger partial charge in [0.1, 0.15) is 0 Å². The molecule has 0 aromatic heterocycles. The fraction of sp³-hybridized carbons (Fsp3) is 0.552. The van der Waals surface area contributed by atoms with Gasteiger partial charge in [-0.05, 0) is 33.1 Å². The van der Waals surface area contributed by atoms with Crippen molar-refractivity contribution in [3.63, 3.8) is 0 Å². The number of aliphatic hydroxyl groups is 3. The van der Waals surface area contributed by atoms with E-state index < -0.39 is 18.3 Å². The van der Waals surface area contributed by atoms with E-state index >= 15 is 0 Å². The van der Waals surface area contributed by atoms with Gasteiger partial charge < -0.3 is 20.2 Å². The Bertz CT molecular complexity index is 942. The summed E-state index contributed by atoms with van der Waals surface area (Å²) in [5.74, 6) is -0.624. The molecule has 4 rings (SSSR count). The Labute approximate surface area is 203 Å². The van der Waals surface area contributed by atoms with Crippen LogP contribution in [0.15, 0.2) is 71.9 Å². The van der Waals surface area contributed by atoms with E-state index in [0.29, 0.717) is 6.42 Å². The minimum Gasteiger partial charge on any atom is -0.391 e. The standard InChI is InChI=1S/C29H39NO4/c1-4-5-6-7-8-9-12-21-17-24(32)27-26-19(3)16-20-14-15-23(31)28(33)25(20)18(2)11-10-13-22(26)29(34)30(21)27/h6-11,13-16,20-28,31-33H,4-5,12,17H2,1-3H3/b7-6+,9-8+,13-10?,18-11?,19-16?/t20-,21-,22+,23-,24+,25-,26-,27+,28-/m1/s1. The molecule has 5 heteroatoms. The highest BCUT2D eigenvalue weighted by Crippen LogP contribution is 2.47.